The molecule has 0 saturated heterocycles. The summed E-state index contributed by atoms with van der Waals surface area (Å²) in [5.41, 5.74) is 1.85. The van der Waals surface area contributed by atoms with Crippen molar-refractivity contribution in [1.82, 2.24) is 9.97 Å². The predicted octanol–water partition coefficient (Wildman–Crippen LogP) is 3.47. The predicted molar refractivity (Wildman–Crippen MR) is 112 cm³/mol. The van der Waals surface area contributed by atoms with E-state index in [2.05, 4.69) is 20.6 Å². The Morgan fingerprint density at radius 3 is 2.43 bits per heavy atom. The fourth-order valence-corrected chi connectivity index (χ4v) is 3.56. The first kappa shape index (κ1) is 19.9. The zero-order valence-electron chi connectivity index (χ0n) is 17.0. The normalized spacial score (nSPS) is 19.0. The Morgan fingerprint density at radius 2 is 1.82 bits per heavy atom. The van der Waals surface area contributed by atoms with Crippen LogP contribution in [0.4, 0.5) is 17.5 Å². The molecule has 7 nitrogen and oxygen atoms in total. The van der Waals surface area contributed by atoms with Crippen LogP contribution < -0.4 is 20.3 Å². The minimum atomic E-state index is 0.0384. The van der Waals surface area contributed by atoms with Crippen molar-refractivity contribution in [2.45, 2.75) is 38.6 Å². The Hall–Kier alpha value is -2.83. The Bertz CT molecular complexity index is 799. The van der Waals surface area contributed by atoms with E-state index in [4.69, 9.17) is 4.74 Å². The molecule has 1 aromatic heterocycles. The van der Waals surface area contributed by atoms with E-state index in [-0.39, 0.29) is 11.8 Å². The van der Waals surface area contributed by atoms with Crippen LogP contribution in [0.2, 0.25) is 0 Å². The maximum Gasteiger partial charge on any atom is 0.227 e. The Balaban J connectivity index is 1.51. The van der Waals surface area contributed by atoms with Gasteiger partial charge < -0.3 is 20.3 Å². The highest BCUT2D eigenvalue weighted by atomic mass is 16.5. The molecule has 28 heavy (non-hydrogen) atoms. The van der Waals surface area contributed by atoms with Crippen LogP contribution in [0.15, 0.2) is 30.5 Å². The fourth-order valence-electron chi connectivity index (χ4n) is 3.56. The second-order valence-electron chi connectivity index (χ2n) is 7.51. The SMILES string of the molecule is COc1ccc(NC(=O)[C@H]2CC[C@@H](Nc3ncc(C)c(N(C)C)n3)CC2)cc1. The summed E-state index contributed by atoms with van der Waals surface area (Å²) < 4.78 is 5.15. The number of anilines is 3. The highest BCUT2D eigenvalue weighted by molar-refractivity contribution is 5.92. The van der Waals surface area contributed by atoms with Gasteiger partial charge in [-0.1, -0.05) is 0 Å². The molecule has 3 rings (SSSR count). The van der Waals surface area contributed by atoms with Gasteiger partial charge in [-0.15, -0.1) is 0 Å². The standard InChI is InChI=1S/C21H29N5O2/c1-14-13-22-21(25-19(14)26(2)3)24-17-7-5-15(6-8-17)20(27)23-16-9-11-18(28-4)12-10-16/h9-13,15,17H,5-8H2,1-4H3,(H,23,27)(H,22,24,25)/t15-,17+. The molecule has 0 aliphatic heterocycles. The number of hydrogen-bond acceptors (Lipinski definition) is 6. The summed E-state index contributed by atoms with van der Waals surface area (Å²) in [6.45, 7) is 2.01. The molecule has 1 aliphatic rings. The third kappa shape index (κ3) is 4.91. The summed E-state index contributed by atoms with van der Waals surface area (Å²) in [5.74, 6) is 2.48. The summed E-state index contributed by atoms with van der Waals surface area (Å²) in [6.07, 6.45) is 5.40. The molecule has 0 bridgehead atoms. The highest BCUT2D eigenvalue weighted by Crippen LogP contribution is 2.28. The molecule has 7 heteroatoms. The first-order valence-electron chi connectivity index (χ1n) is 9.68. The lowest BCUT2D eigenvalue weighted by molar-refractivity contribution is -0.120. The monoisotopic (exact) mass is 383 g/mol. The quantitative estimate of drug-likeness (QED) is 0.795. The molecule has 0 atom stereocenters. The average molecular weight is 383 g/mol. The lowest BCUT2D eigenvalue weighted by atomic mass is 9.85. The van der Waals surface area contributed by atoms with Gasteiger partial charge in [-0.05, 0) is 56.9 Å². The molecular weight excluding hydrogens is 354 g/mol. The summed E-state index contributed by atoms with van der Waals surface area (Å²) in [4.78, 5) is 23.5. The van der Waals surface area contributed by atoms with E-state index in [1.54, 1.807) is 7.11 Å². The number of nitrogens with one attached hydrogen (secondary N) is 2. The molecule has 1 heterocycles. The second-order valence-corrected chi connectivity index (χ2v) is 7.51. The van der Waals surface area contributed by atoms with Gasteiger partial charge in [0.25, 0.3) is 0 Å². The molecule has 150 valence electrons. The molecule has 1 saturated carbocycles. The topological polar surface area (TPSA) is 79.4 Å². The van der Waals surface area contributed by atoms with Gasteiger partial charge in [-0.3, -0.25) is 4.79 Å². The second kappa shape index (κ2) is 8.91. The molecule has 0 spiro atoms. The van der Waals surface area contributed by atoms with Gasteiger partial charge in [0, 0.05) is 43.5 Å². The third-order valence-corrected chi connectivity index (χ3v) is 5.16. The maximum absolute atomic E-state index is 12.6. The molecule has 2 aromatic rings. The molecular formula is C21H29N5O2. The Morgan fingerprint density at radius 1 is 1.14 bits per heavy atom. The van der Waals surface area contributed by atoms with Crippen molar-refractivity contribution in [3.05, 3.63) is 36.0 Å². The van der Waals surface area contributed by atoms with Gasteiger partial charge in [0.05, 0.1) is 7.11 Å². The number of methoxy groups -OCH3 is 1. The summed E-state index contributed by atoms with van der Waals surface area (Å²) in [5, 5.41) is 6.44. The van der Waals surface area contributed by atoms with E-state index in [9.17, 15) is 4.79 Å². The van der Waals surface area contributed by atoms with Crippen molar-refractivity contribution in [3.8, 4) is 5.75 Å². The number of aryl methyl sites for hydroxylation is 1. The van der Waals surface area contributed by atoms with Gasteiger partial charge in [0.1, 0.15) is 11.6 Å². The van der Waals surface area contributed by atoms with Crippen LogP contribution >= 0.6 is 0 Å². The maximum atomic E-state index is 12.6. The number of ether oxygens (including phenoxy) is 1. The minimum Gasteiger partial charge on any atom is -0.497 e. The minimum absolute atomic E-state index is 0.0384. The average Bonchev–Trinajstić information content (AvgIpc) is 2.70. The van der Waals surface area contributed by atoms with Crippen molar-refractivity contribution in [2.24, 2.45) is 5.92 Å². The number of carbonyl (C=O) groups excluding carboxylic acids is 1. The van der Waals surface area contributed by atoms with E-state index in [0.717, 1.165) is 48.5 Å². The van der Waals surface area contributed by atoms with E-state index in [1.807, 2.05) is 56.4 Å². The first-order valence-corrected chi connectivity index (χ1v) is 9.68. The van der Waals surface area contributed by atoms with Crippen LogP contribution in [0.1, 0.15) is 31.2 Å². The zero-order valence-corrected chi connectivity index (χ0v) is 17.0. The number of hydrogen-bond donors (Lipinski definition) is 2. The van der Waals surface area contributed by atoms with E-state index < -0.39 is 0 Å². The summed E-state index contributed by atoms with van der Waals surface area (Å²) in [6, 6.07) is 7.71. The van der Waals surface area contributed by atoms with Gasteiger partial charge in [-0.2, -0.15) is 4.98 Å². The van der Waals surface area contributed by atoms with Crippen LogP contribution in [0.5, 0.6) is 5.75 Å². The Labute approximate surface area is 166 Å². The lowest BCUT2D eigenvalue weighted by Gasteiger charge is -2.28. The number of rotatable bonds is 6. The van der Waals surface area contributed by atoms with Crippen molar-refractivity contribution in [1.29, 1.82) is 0 Å². The van der Waals surface area contributed by atoms with Crippen molar-refractivity contribution < 1.29 is 9.53 Å². The van der Waals surface area contributed by atoms with Crippen molar-refractivity contribution >= 4 is 23.4 Å². The van der Waals surface area contributed by atoms with Crippen LogP contribution in [-0.4, -0.2) is 43.1 Å². The molecule has 1 fully saturated rings. The fraction of sp³-hybridized carbons (Fsp3) is 0.476. The van der Waals surface area contributed by atoms with Crippen LogP contribution in [0.25, 0.3) is 0 Å². The van der Waals surface area contributed by atoms with Crippen LogP contribution in [0.3, 0.4) is 0 Å². The van der Waals surface area contributed by atoms with E-state index in [1.165, 1.54) is 0 Å². The molecule has 0 unspecified atom stereocenters. The van der Waals surface area contributed by atoms with Gasteiger partial charge in [0.15, 0.2) is 0 Å². The molecule has 2 N–H and O–H groups in total. The van der Waals surface area contributed by atoms with Gasteiger partial charge in [-0.25, -0.2) is 4.98 Å². The van der Waals surface area contributed by atoms with E-state index in [0.29, 0.717) is 12.0 Å². The van der Waals surface area contributed by atoms with Crippen LogP contribution in [-0.2, 0) is 4.79 Å². The zero-order chi connectivity index (χ0) is 20.1. The smallest absolute Gasteiger partial charge is 0.227 e. The van der Waals surface area contributed by atoms with Crippen LogP contribution in [0, 0.1) is 12.8 Å². The van der Waals surface area contributed by atoms with Crippen molar-refractivity contribution in [2.75, 3.05) is 36.7 Å². The number of benzene rings is 1. The van der Waals surface area contributed by atoms with Gasteiger partial charge in [0.2, 0.25) is 11.9 Å². The number of carbonyl (C=O) groups is 1. The summed E-state index contributed by atoms with van der Waals surface area (Å²) in [7, 11) is 5.58. The molecule has 1 aliphatic carbocycles. The molecule has 0 radical (unpaired) electrons. The van der Waals surface area contributed by atoms with Gasteiger partial charge >= 0.3 is 0 Å². The Kier molecular flexibility index (Phi) is 6.34. The first-order chi connectivity index (χ1) is 13.5. The van der Waals surface area contributed by atoms with E-state index >= 15 is 0 Å². The molecule has 1 amide bonds. The van der Waals surface area contributed by atoms with Crippen molar-refractivity contribution in [3.63, 3.8) is 0 Å². The molecule has 1 aromatic carbocycles. The number of nitrogens with zero attached hydrogens (tertiary/aromatic N) is 3. The highest BCUT2D eigenvalue weighted by Gasteiger charge is 2.26. The number of aromatic nitrogens is 2. The third-order valence-electron chi connectivity index (χ3n) is 5.16. The largest absolute Gasteiger partial charge is 0.497 e. The summed E-state index contributed by atoms with van der Waals surface area (Å²) >= 11 is 0. The number of amides is 1. The lowest BCUT2D eigenvalue weighted by Crippen LogP contribution is -2.32.